The fourth-order valence-electron chi connectivity index (χ4n) is 1.25. The van der Waals surface area contributed by atoms with Crippen molar-refractivity contribution >= 4 is 49.6 Å². The number of hydrogen-bond donors (Lipinski definition) is 2. The highest BCUT2D eigenvalue weighted by atomic mass is 79.9. The topological polar surface area (TPSA) is 55.1 Å². The molecule has 0 saturated heterocycles. The van der Waals surface area contributed by atoms with E-state index < -0.39 is 10.8 Å². The second kappa shape index (κ2) is 6.32. The van der Waals surface area contributed by atoms with Gasteiger partial charge in [0.2, 0.25) is 0 Å². The Morgan fingerprint density at radius 1 is 1.62 bits per heavy atom. The van der Waals surface area contributed by atoms with Gasteiger partial charge < -0.3 is 11.1 Å². The van der Waals surface area contributed by atoms with Gasteiger partial charge in [-0.05, 0) is 28.1 Å². The van der Waals surface area contributed by atoms with E-state index in [1.807, 2.05) is 18.2 Å². The van der Waals surface area contributed by atoms with Gasteiger partial charge in [-0.15, -0.1) is 0 Å². The predicted octanol–water partition coefficient (Wildman–Crippen LogP) is 1.87. The molecule has 1 atom stereocenters. The van der Waals surface area contributed by atoms with Gasteiger partial charge in [-0.2, -0.15) is 0 Å². The number of anilines is 1. The number of nitrogens with two attached hydrogens (primary N) is 1. The Balaban J connectivity index is 2.83. The highest BCUT2D eigenvalue weighted by Crippen LogP contribution is 2.24. The van der Waals surface area contributed by atoms with E-state index in [9.17, 15) is 4.21 Å². The van der Waals surface area contributed by atoms with Gasteiger partial charge in [-0.3, -0.25) is 4.21 Å². The third-order valence-corrected chi connectivity index (χ3v) is 3.61. The average molecular weight is 321 g/mol. The zero-order valence-electron chi connectivity index (χ0n) is 8.83. The lowest BCUT2D eigenvalue weighted by atomic mass is 10.2. The van der Waals surface area contributed by atoms with Crippen LogP contribution in [0.5, 0.6) is 0 Å². The lowest BCUT2D eigenvalue weighted by Gasteiger charge is -2.12. The monoisotopic (exact) mass is 320 g/mol. The zero-order valence-corrected chi connectivity index (χ0v) is 12.0. The van der Waals surface area contributed by atoms with Crippen LogP contribution in [0.3, 0.4) is 0 Å². The molecule has 0 aliphatic heterocycles. The van der Waals surface area contributed by atoms with Crippen LogP contribution >= 0.6 is 28.1 Å². The molecule has 0 radical (unpaired) electrons. The van der Waals surface area contributed by atoms with Gasteiger partial charge in [-0.25, -0.2) is 0 Å². The number of benzene rings is 1. The van der Waals surface area contributed by atoms with E-state index in [1.54, 1.807) is 6.26 Å². The van der Waals surface area contributed by atoms with Crippen LogP contribution in [0.25, 0.3) is 0 Å². The zero-order chi connectivity index (χ0) is 12.1. The standard InChI is InChI=1S/C10H13BrN2OS2/c1-16(14)6-5-13-8-4-2-3-7(11)9(8)10(12)15/h2-4,13H,5-6H2,1H3,(H2,12,15). The Kier molecular flexibility index (Phi) is 5.37. The Hall–Kier alpha value is -0.460. The smallest absolute Gasteiger partial charge is 0.107 e. The van der Waals surface area contributed by atoms with Gasteiger partial charge in [0, 0.05) is 45.1 Å². The minimum absolute atomic E-state index is 0.340. The molecule has 0 aliphatic rings. The van der Waals surface area contributed by atoms with Crippen molar-refractivity contribution < 1.29 is 4.21 Å². The van der Waals surface area contributed by atoms with Crippen molar-refractivity contribution in [1.82, 2.24) is 0 Å². The molecule has 3 N–H and O–H groups in total. The van der Waals surface area contributed by atoms with Crippen molar-refractivity contribution in [3.05, 3.63) is 28.2 Å². The Morgan fingerprint density at radius 2 is 2.31 bits per heavy atom. The molecule has 0 spiro atoms. The van der Waals surface area contributed by atoms with Gasteiger partial charge in [0.15, 0.2) is 0 Å². The fourth-order valence-corrected chi connectivity index (χ4v) is 2.57. The summed E-state index contributed by atoms with van der Waals surface area (Å²) in [6.07, 6.45) is 1.68. The molecular formula is C10H13BrN2OS2. The minimum Gasteiger partial charge on any atom is -0.389 e. The maximum absolute atomic E-state index is 10.9. The summed E-state index contributed by atoms with van der Waals surface area (Å²) in [6, 6.07) is 5.69. The number of nitrogens with one attached hydrogen (secondary N) is 1. The third kappa shape index (κ3) is 3.84. The molecule has 16 heavy (non-hydrogen) atoms. The molecule has 0 aliphatic carbocycles. The van der Waals surface area contributed by atoms with Crippen molar-refractivity contribution in [1.29, 1.82) is 0 Å². The van der Waals surface area contributed by atoms with Crippen LogP contribution < -0.4 is 11.1 Å². The molecule has 0 heterocycles. The van der Waals surface area contributed by atoms with Crippen LogP contribution in [0.15, 0.2) is 22.7 Å². The molecule has 0 fully saturated rings. The SMILES string of the molecule is CS(=O)CCNc1cccc(Br)c1C(N)=S. The summed E-state index contributed by atoms with van der Waals surface area (Å²) in [7, 11) is -0.800. The second-order valence-electron chi connectivity index (χ2n) is 3.23. The van der Waals surface area contributed by atoms with Crippen molar-refractivity contribution in [3.63, 3.8) is 0 Å². The van der Waals surface area contributed by atoms with Gasteiger partial charge in [0.1, 0.15) is 4.99 Å². The van der Waals surface area contributed by atoms with Crippen molar-refractivity contribution in [2.75, 3.05) is 23.9 Å². The van der Waals surface area contributed by atoms with E-state index in [0.717, 1.165) is 15.7 Å². The molecule has 3 nitrogen and oxygen atoms in total. The molecule has 1 unspecified atom stereocenters. The van der Waals surface area contributed by atoms with E-state index >= 15 is 0 Å². The Morgan fingerprint density at radius 3 is 2.88 bits per heavy atom. The third-order valence-electron chi connectivity index (χ3n) is 1.96. The lowest BCUT2D eigenvalue weighted by Crippen LogP contribution is -2.16. The highest BCUT2D eigenvalue weighted by molar-refractivity contribution is 9.10. The van der Waals surface area contributed by atoms with Gasteiger partial charge >= 0.3 is 0 Å². The van der Waals surface area contributed by atoms with Gasteiger partial charge in [0.05, 0.1) is 0 Å². The lowest BCUT2D eigenvalue weighted by molar-refractivity contribution is 0.687. The summed E-state index contributed by atoms with van der Waals surface area (Å²) in [4.78, 5) is 0.340. The minimum atomic E-state index is -0.800. The van der Waals surface area contributed by atoms with Crippen molar-refractivity contribution in [2.24, 2.45) is 5.73 Å². The van der Waals surface area contributed by atoms with E-state index in [1.165, 1.54) is 0 Å². The first-order valence-electron chi connectivity index (χ1n) is 4.64. The first kappa shape index (κ1) is 13.6. The number of hydrogen-bond acceptors (Lipinski definition) is 3. The summed E-state index contributed by atoms with van der Waals surface area (Å²) in [5.74, 6) is 0.600. The van der Waals surface area contributed by atoms with Crippen molar-refractivity contribution in [2.45, 2.75) is 0 Å². The Labute approximate surface area is 111 Å². The van der Waals surface area contributed by atoms with Crippen LogP contribution in [-0.2, 0) is 10.8 Å². The van der Waals surface area contributed by atoms with E-state index in [2.05, 4.69) is 21.2 Å². The molecule has 88 valence electrons. The van der Waals surface area contributed by atoms with Crippen LogP contribution in [0.2, 0.25) is 0 Å². The largest absolute Gasteiger partial charge is 0.389 e. The second-order valence-corrected chi connectivity index (χ2v) is 6.08. The molecule has 1 rings (SSSR count). The van der Waals surface area contributed by atoms with Crippen molar-refractivity contribution in [3.8, 4) is 0 Å². The maximum Gasteiger partial charge on any atom is 0.107 e. The molecule has 0 saturated carbocycles. The molecular weight excluding hydrogens is 308 g/mol. The summed E-state index contributed by atoms with van der Waals surface area (Å²) in [5.41, 5.74) is 7.31. The van der Waals surface area contributed by atoms with E-state index in [0.29, 0.717) is 17.3 Å². The van der Waals surface area contributed by atoms with E-state index in [4.69, 9.17) is 18.0 Å². The van der Waals surface area contributed by atoms with Crippen LogP contribution in [-0.4, -0.2) is 27.8 Å². The summed E-state index contributed by atoms with van der Waals surface area (Å²) >= 11 is 8.39. The first-order valence-corrected chi connectivity index (χ1v) is 7.57. The molecule has 1 aromatic rings. The molecule has 0 amide bonds. The summed E-state index contributed by atoms with van der Waals surface area (Å²) in [6.45, 7) is 0.634. The van der Waals surface area contributed by atoms with Crippen LogP contribution in [0.1, 0.15) is 5.56 Å². The van der Waals surface area contributed by atoms with Crippen LogP contribution in [0.4, 0.5) is 5.69 Å². The van der Waals surface area contributed by atoms with E-state index in [-0.39, 0.29) is 0 Å². The number of rotatable bonds is 5. The predicted molar refractivity (Wildman–Crippen MR) is 77.5 cm³/mol. The number of halogens is 1. The quantitative estimate of drug-likeness (QED) is 0.813. The van der Waals surface area contributed by atoms with Gasteiger partial charge in [-0.1, -0.05) is 18.3 Å². The molecule has 1 aromatic carbocycles. The molecule has 6 heteroatoms. The molecule has 0 bridgehead atoms. The maximum atomic E-state index is 10.9. The average Bonchev–Trinajstić information content (AvgIpc) is 2.16. The van der Waals surface area contributed by atoms with Crippen LogP contribution in [0, 0.1) is 0 Å². The first-order chi connectivity index (χ1) is 7.52. The fraction of sp³-hybridized carbons (Fsp3) is 0.300. The summed E-state index contributed by atoms with van der Waals surface area (Å²) in [5, 5.41) is 3.18. The van der Waals surface area contributed by atoms with Gasteiger partial charge in [0.25, 0.3) is 0 Å². The highest BCUT2D eigenvalue weighted by Gasteiger charge is 2.08. The molecule has 0 aromatic heterocycles. The summed E-state index contributed by atoms with van der Waals surface area (Å²) < 4.78 is 11.8. The normalized spacial score (nSPS) is 12.1. The Bertz CT molecular complexity index is 423. The number of thiocarbonyl (C=S) groups is 1.